The number of fused-ring (bicyclic) bond motifs is 1. The molecule has 1 heterocycles. The summed E-state index contributed by atoms with van der Waals surface area (Å²) < 4.78 is 34.8. The van der Waals surface area contributed by atoms with E-state index >= 15 is 0 Å². The Labute approximate surface area is 255 Å². The molecular weight excluding hydrogens is 559 g/mol. The van der Waals surface area contributed by atoms with E-state index in [1.165, 1.54) is 5.56 Å². The standard InChI is InChI=1S/C34H49NO5Si2/c1-25-32(36-2)29-20-28(23-40-42(7,8)9)35(41(4,5)6)30(24-38-21-26-16-12-10-13-17-26)31(29)34(33(25)37-3)39-22-27-18-14-11-15-19-27/h10-19,28,30H,20-24H2,1-9H3/t28-,30-/m0/s1. The fraction of sp³-hybridized carbons (Fsp3) is 0.471. The van der Waals surface area contributed by atoms with Gasteiger partial charge in [0.25, 0.3) is 0 Å². The Morgan fingerprint density at radius 1 is 0.738 bits per heavy atom. The van der Waals surface area contributed by atoms with Gasteiger partial charge in [0.1, 0.15) is 20.6 Å². The van der Waals surface area contributed by atoms with E-state index in [1.807, 2.05) is 24.3 Å². The first-order chi connectivity index (χ1) is 19.9. The molecule has 0 N–H and O–H groups in total. The number of methoxy groups -OCH3 is 2. The normalized spacial score (nSPS) is 17.5. The molecule has 3 aromatic rings. The van der Waals surface area contributed by atoms with Crippen LogP contribution >= 0.6 is 0 Å². The average Bonchev–Trinajstić information content (AvgIpc) is 2.94. The van der Waals surface area contributed by atoms with Crippen molar-refractivity contribution in [1.82, 2.24) is 4.57 Å². The second-order valence-electron chi connectivity index (χ2n) is 13.1. The first-order valence-electron chi connectivity index (χ1n) is 14.9. The van der Waals surface area contributed by atoms with E-state index in [-0.39, 0.29) is 12.1 Å². The van der Waals surface area contributed by atoms with E-state index in [4.69, 9.17) is 23.4 Å². The number of benzene rings is 3. The Bertz CT molecular complexity index is 1310. The second-order valence-corrected chi connectivity index (χ2v) is 22.4. The molecule has 6 nitrogen and oxygen atoms in total. The summed E-state index contributed by atoms with van der Waals surface area (Å²) in [6, 6.07) is 20.8. The van der Waals surface area contributed by atoms with Crippen molar-refractivity contribution in [2.75, 3.05) is 27.4 Å². The molecule has 0 aliphatic carbocycles. The van der Waals surface area contributed by atoms with E-state index in [9.17, 15) is 0 Å². The van der Waals surface area contributed by atoms with Gasteiger partial charge in [0.2, 0.25) is 0 Å². The molecule has 0 spiro atoms. The van der Waals surface area contributed by atoms with Crippen LogP contribution in [0, 0.1) is 6.92 Å². The lowest BCUT2D eigenvalue weighted by atomic mass is 9.86. The van der Waals surface area contributed by atoms with Gasteiger partial charge in [-0.2, -0.15) is 0 Å². The van der Waals surface area contributed by atoms with Crippen LogP contribution in [0.3, 0.4) is 0 Å². The van der Waals surface area contributed by atoms with Gasteiger partial charge in [-0.15, -0.1) is 0 Å². The number of hydrogen-bond donors (Lipinski definition) is 0. The zero-order valence-corrected chi connectivity index (χ0v) is 29.0. The molecule has 3 aromatic carbocycles. The molecule has 1 aliphatic rings. The lowest BCUT2D eigenvalue weighted by Gasteiger charge is -2.50. The quantitative estimate of drug-likeness (QED) is 0.185. The molecule has 228 valence electrons. The van der Waals surface area contributed by atoms with Gasteiger partial charge in [0.15, 0.2) is 19.8 Å². The number of ether oxygens (including phenoxy) is 4. The molecule has 0 radical (unpaired) electrons. The average molecular weight is 608 g/mol. The van der Waals surface area contributed by atoms with Gasteiger partial charge in [0.05, 0.1) is 33.5 Å². The van der Waals surface area contributed by atoms with Crippen molar-refractivity contribution >= 4 is 16.6 Å². The lowest BCUT2D eigenvalue weighted by molar-refractivity contribution is 0.0447. The zero-order valence-electron chi connectivity index (χ0n) is 27.0. The summed E-state index contributed by atoms with van der Waals surface area (Å²) in [5.74, 6) is 2.38. The molecule has 0 fully saturated rings. The van der Waals surface area contributed by atoms with Crippen LogP contribution in [0.15, 0.2) is 60.7 Å². The van der Waals surface area contributed by atoms with Gasteiger partial charge in [-0.1, -0.05) is 80.3 Å². The maximum absolute atomic E-state index is 6.73. The monoisotopic (exact) mass is 607 g/mol. The third-order valence-corrected chi connectivity index (χ3v) is 11.0. The molecule has 4 rings (SSSR count). The number of nitrogens with zero attached hydrogens (tertiary/aromatic N) is 1. The minimum absolute atomic E-state index is 0.0477. The molecule has 0 saturated carbocycles. The van der Waals surface area contributed by atoms with Crippen LogP contribution in [0.5, 0.6) is 17.2 Å². The maximum Gasteiger partial charge on any atom is 0.183 e. The summed E-state index contributed by atoms with van der Waals surface area (Å²) in [7, 11) is -0.171. The summed E-state index contributed by atoms with van der Waals surface area (Å²) in [5, 5.41) is 0. The van der Waals surface area contributed by atoms with Crippen molar-refractivity contribution in [2.24, 2.45) is 0 Å². The van der Waals surface area contributed by atoms with Crippen molar-refractivity contribution in [3.8, 4) is 17.2 Å². The Morgan fingerprint density at radius 3 is 1.83 bits per heavy atom. The van der Waals surface area contributed by atoms with Crippen LogP contribution in [-0.4, -0.2) is 54.6 Å². The third kappa shape index (κ3) is 7.65. The number of rotatable bonds is 13. The van der Waals surface area contributed by atoms with Crippen LogP contribution in [0.4, 0.5) is 0 Å². The predicted molar refractivity (Wildman–Crippen MR) is 176 cm³/mol. The Hall–Kier alpha value is -2.63. The maximum atomic E-state index is 6.73. The highest BCUT2D eigenvalue weighted by atomic mass is 28.4. The molecule has 2 atom stereocenters. The zero-order chi connectivity index (χ0) is 30.5. The van der Waals surface area contributed by atoms with Crippen LogP contribution in [0.25, 0.3) is 0 Å². The lowest BCUT2D eigenvalue weighted by Crippen LogP contribution is -2.59. The van der Waals surface area contributed by atoms with Gasteiger partial charge < -0.3 is 27.9 Å². The third-order valence-electron chi connectivity index (χ3n) is 7.74. The van der Waals surface area contributed by atoms with Gasteiger partial charge in [-0.05, 0) is 44.1 Å². The van der Waals surface area contributed by atoms with Crippen molar-refractivity contribution in [3.63, 3.8) is 0 Å². The topological polar surface area (TPSA) is 49.4 Å². The van der Waals surface area contributed by atoms with Crippen LogP contribution in [0.2, 0.25) is 39.3 Å². The van der Waals surface area contributed by atoms with E-state index in [1.54, 1.807) is 14.2 Å². The number of hydrogen-bond acceptors (Lipinski definition) is 6. The van der Waals surface area contributed by atoms with Crippen LogP contribution in [-0.2, 0) is 28.8 Å². The van der Waals surface area contributed by atoms with Gasteiger partial charge >= 0.3 is 0 Å². The van der Waals surface area contributed by atoms with Crippen molar-refractivity contribution < 1.29 is 23.4 Å². The van der Waals surface area contributed by atoms with Gasteiger partial charge in [-0.3, -0.25) is 0 Å². The first-order valence-corrected chi connectivity index (χ1v) is 21.8. The molecule has 0 bridgehead atoms. The Morgan fingerprint density at radius 2 is 1.31 bits per heavy atom. The van der Waals surface area contributed by atoms with Gasteiger partial charge in [-0.25, -0.2) is 0 Å². The molecule has 1 aliphatic heterocycles. The summed E-state index contributed by atoms with van der Waals surface area (Å²) in [6.45, 7) is 18.3. The highest BCUT2D eigenvalue weighted by Gasteiger charge is 2.45. The second kappa shape index (κ2) is 13.8. The summed E-state index contributed by atoms with van der Waals surface area (Å²) in [6.07, 6.45) is 0.814. The first kappa shape index (κ1) is 32.3. The van der Waals surface area contributed by atoms with Crippen molar-refractivity contribution in [2.45, 2.75) is 77.9 Å². The van der Waals surface area contributed by atoms with E-state index in [0.717, 1.165) is 45.9 Å². The fourth-order valence-electron chi connectivity index (χ4n) is 6.09. The van der Waals surface area contributed by atoms with E-state index in [0.29, 0.717) is 26.4 Å². The molecule has 0 saturated heterocycles. The molecule has 0 unspecified atom stereocenters. The summed E-state index contributed by atoms with van der Waals surface area (Å²) in [5.41, 5.74) is 5.51. The minimum atomic E-state index is -1.90. The van der Waals surface area contributed by atoms with Crippen LogP contribution in [0.1, 0.15) is 33.9 Å². The van der Waals surface area contributed by atoms with Gasteiger partial charge in [0, 0.05) is 29.3 Å². The fourth-order valence-corrected chi connectivity index (χ4v) is 9.18. The highest BCUT2D eigenvalue weighted by Crippen LogP contribution is 2.52. The molecule has 8 heteroatoms. The van der Waals surface area contributed by atoms with Crippen molar-refractivity contribution in [3.05, 3.63) is 88.5 Å². The molecular formula is C34H49NO5Si2. The molecule has 42 heavy (non-hydrogen) atoms. The Balaban J connectivity index is 1.86. The highest BCUT2D eigenvalue weighted by molar-refractivity contribution is 6.73. The Kier molecular flexibility index (Phi) is 10.6. The largest absolute Gasteiger partial charge is 0.496 e. The summed E-state index contributed by atoms with van der Waals surface area (Å²) in [4.78, 5) is 0. The smallest absolute Gasteiger partial charge is 0.183 e. The predicted octanol–water partition coefficient (Wildman–Crippen LogP) is 7.76. The van der Waals surface area contributed by atoms with Crippen molar-refractivity contribution in [1.29, 1.82) is 0 Å². The van der Waals surface area contributed by atoms with Crippen LogP contribution < -0.4 is 14.2 Å². The molecule has 0 amide bonds. The minimum Gasteiger partial charge on any atom is -0.496 e. The molecule has 0 aromatic heterocycles. The van der Waals surface area contributed by atoms with E-state index < -0.39 is 16.6 Å². The SMILES string of the molecule is COc1c(C)c(OC)c(OCc2ccccc2)c2c1C[C@@H](CO[Si](C)(C)C)N([Si](C)(C)C)[C@H]2COCc1ccccc1. The summed E-state index contributed by atoms with van der Waals surface area (Å²) >= 11 is 0. The van der Waals surface area contributed by atoms with E-state index in [2.05, 4.69) is 87.2 Å².